The highest BCUT2D eigenvalue weighted by Gasteiger charge is 2.21. The molecule has 0 atom stereocenters. The molecule has 2 aromatic rings. The fraction of sp³-hybridized carbons (Fsp3) is 0. The van der Waals surface area contributed by atoms with Crippen LogP contribution in [-0.2, 0) is 0 Å². The standard InChI is InChI=1S/C11H4Br2F2OS/c12-5-4-8(17-11(5)13)10(16)9-6(14)2-1-3-7(9)15/h1-4H. The highest BCUT2D eigenvalue weighted by Crippen LogP contribution is 2.34. The number of rotatable bonds is 2. The summed E-state index contributed by atoms with van der Waals surface area (Å²) < 4.78 is 28.2. The number of benzene rings is 1. The number of carbonyl (C=O) groups excluding carboxylic acids is 1. The summed E-state index contributed by atoms with van der Waals surface area (Å²) in [5.74, 6) is -2.36. The van der Waals surface area contributed by atoms with E-state index in [1.165, 1.54) is 12.1 Å². The van der Waals surface area contributed by atoms with Crippen molar-refractivity contribution in [2.45, 2.75) is 0 Å². The van der Waals surface area contributed by atoms with Crippen LogP contribution in [0.5, 0.6) is 0 Å². The third-order valence-corrected chi connectivity index (χ3v) is 5.31. The van der Waals surface area contributed by atoms with Crippen molar-refractivity contribution in [1.29, 1.82) is 0 Å². The topological polar surface area (TPSA) is 17.1 Å². The molecule has 0 saturated heterocycles. The van der Waals surface area contributed by atoms with Crippen molar-refractivity contribution in [2.24, 2.45) is 0 Å². The van der Waals surface area contributed by atoms with Crippen LogP contribution in [0.3, 0.4) is 0 Å². The monoisotopic (exact) mass is 380 g/mol. The van der Waals surface area contributed by atoms with Gasteiger partial charge in [-0.2, -0.15) is 0 Å². The van der Waals surface area contributed by atoms with E-state index in [1.807, 2.05) is 0 Å². The van der Waals surface area contributed by atoms with Crippen LogP contribution in [0.4, 0.5) is 8.78 Å². The summed E-state index contributed by atoms with van der Waals surface area (Å²) in [6.07, 6.45) is 0. The lowest BCUT2D eigenvalue weighted by molar-refractivity contribution is 0.103. The first-order valence-electron chi connectivity index (χ1n) is 4.44. The molecule has 0 aliphatic heterocycles. The Bertz CT molecular complexity index is 555. The highest BCUT2D eigenvalue weighted by molar-refractivity contribution is 9.13. The van der Waals surface area contributed by atoms with Crippen molar-refractivity contribution in [2.75, 3.05) is 0 Å². The Hall–Kier alpha value is -0.590. The first kappa shape index (κ1) is 12.9. The number of carbonyl (C=O) groups is 1. The molecule has 88 valence electrons. The molecule has 17 heavy (non-hydrogen) atoms. The van der Waals surface area contributed by atoms with Gasteiger partial charge in [0.1, 0.15) is 11.6 Å². The van der Waals surface area contributed by atoms with Gasteiger partial charge in [0.25, 0.3) is 0 Å². The van der Waals surface area contributed by atoms with Crippen molar-refractivity contribution in [1.82, 2.24) is 0 Å². The van der Waals surface area contributed by atoms with Crippen LogP contribution in [0.25, 0.3) is 0 Å². The number of thiophene rings is 1. The van der Waals surface area contributed by atoms with E-state index < -0.39 is 23.0 Å². The molecule has 0 bridgehead atoms. The maximum atomic E-state index is 13.4. The van der Waals surface area contributed by atoms with Crippen molar-refractivity contribution in [3.8, 4) is 0 Å². The Morgan fingerprint density at radius 2 is 1.76 bits per heavy atom. The molecular weight excluding hydrogens is 378 g/mol. The van der Waals surface area contributed by atoms with Gasteiger partial charge in [-0.25, -0.2) is 8.78 Å². The molecule has 0 unspecified atom stereocenters. The Labute approximate surface area is 117 Å². The van der Waals surface area contributed by atoms with Crippen LogP contribution < -0.4 is 0 Å². The van der Waals surface area contributed by atoms with Gasteiger partial charge in [0.15, 0.2) is 0 Å². The minimum Gasteiger partial charge on any atom is -0.287 e. The summed E-state index contributed by atoms with van der Waals surface area (Å²) in [5, 5.41) is 0. The predicted octanol–water partition coefficient (Wildman–Crippen LogP) is 4.78. The first-order chi connectivity index (χ1) is 8.00. The van der Waals surface area contributed by atoms with Gasteiger partial charge in [0.2, 0.25) is 5.78 Å². The van der Waals surface area contributed by atoms with Gasteiger partial charge in [-0.3, -0.25) is 4.79 Å². The number of hydrogen-bond donors (Lipinski definition) is 0. The van der Waals surface area contributed by atoms with Crippen LogP contribution in [0.1, 0.15) is 15.2 Å². The average molecular weight is 382 g/mol. The molecule has 1 heterocycles. The lowest BCUT2D eigenvalue weighted by atomic mass is 10.1. The second-order valence-corrected chi connectivity index (χ2v) is 6.38. The van der Waals surface area contributed by atoms with Crippen LogP contribution in [-0.4, -0.2) is 5.78 Å². The molecule has 0 amide bonds. The van der Waals surface area contributed by atoms with E-state index in [4.69, 9.17) is 0 Å². The van der Waals surface area contributed by atoms with Crippen LogP contribution in [0.15, 0.2) is 32.5 Å². The Balaban J connectivity index is 2.51. The first-order valence-corrected chi connectivity index (χ1v) is 6.84. The fourth-order valence-electron chi connectivity index (χ4n) is 1.30. The summed E-state index contributed by atoms with van der Waals surface area (Å²) in [5.41, 5.74) is -0.520. The molecule has 0 saturated carbocycles. The largest absolute Gasteiger partial charge is 0.287 e. The summed E-state index contributed by atoms with van der Waals surface area (Å²) in [6, 6.07) is 4.88. The molecule has 0 aliphatic carbocycles. The van der Waals surface area contributed by atoms with Gasteiger partial charge < -0.3 is 0 Å². The van der Waals surface area contributed by atoms with Crippen molar-refractivity contribution < 1.29 is 13.6 Å². The summed E-state index contributed by atoms with van der Waals surface area (Å²) in [4.78, 5) is 12.2. The van der Waals surface area contributed by atoms with E-state index in [2.05, 4.69) is 31.9 Å². The maximum Gasteiger partial charge on any atom is 0.208 e. The molecule has 0 N–H and O–H groups in total. The number of halogens is 4. The van der Waals surface area contributed by atoms with E-state index in [0.717, 1.165) is 23.5 Å². The van der Waals surface area contributed by atoms with Crippen LogP contribution in [0.2, 0.25) is 0 Å². The zero-order valence-electron chi connectivity index (χ0n) is 8.14. The van der Waals surface area contributed by atoms with E-state index in [0.29, 0.717) is 8.26 Å². The van der Waals surface area contributed by atoms with Gasteiger partial charge >= 0.3 is 0 Å². The zero-order valence-corrected chi connectivity index (χ0v) is 12.1. The van der Waals surface area contributed by atoms with Gasteiger partial charge in [-0.05, 0) is 50.1 Å². The molecule has 1 aromatic carbocycles. The Kier molecular flexibility index (Phi) is 3.75. The van der Waals surface area contributed by atoms with Crippen LogP contribution in [0, 0.1) is 11.6 Å². The highest BCUT2D eigenvalue weighted by atomic mass is 79.9. The summed E-state index contributed by atoms with van der Waals surface area (Å²) >= 11 is 7.57. The van der Waals surface area contributed by atoms with Gasteiger partial charge in [-0.1, -0.05) is 6.07 Å². The minimum atomic E-state index is -0.851. The van der Waals surface area contributed by atoms with Crippen molar-refractivity contribution in [3.63, 3.8) is 0 Å². The number of ketones is 1. The lowest BCUT2D eigenvalue weighted by Crippen LogP contribution is -2.05. The molecule has 0 fully saturated rings. The maximum absolute atomic E-state index is 13.4. The summed E-state index contributed by atoms with van der Waals surface area (Å²) in [6.45, 7) is 0. The average Bonchev–Trinajstić information content (AvgIpc) is 2.59. The van der Waals surface area contributed by atoms with Gasteiger partial charge in [0, 0.05) is 4.47 Å². The molecule has 1 nitrogen and oxygen atoms in total. The third kappa shape index (κ3) is 2.48. The quantitative estimate of drug-likeness (QED) is 0.684. The second kappa shape index (κ2) is 4.96. The molecule has 1 aromatic heterocycles. The molecule has 0 aliphatic rings. The minimum absolute atomic E-state index is 0.271. The molecular formula is C11H4Br2F2OS. The smallest absolute Gasteiger partial charge is 0.208 e. The predicted molar refractivity (Wildman–Crippen MR) is 69.5 cm³/mol. The third-order valence-electron chi connectivity index (χ3n) is 2.06. The second-order valence-electron chi connectivity index (χ2n) is 3.16. The molecule has 0 radical (unpaired) electrons. The van der Waals surface area contributed by atoms with E-state index in [-0.39, 0.29) is 4.88 Å². The fourth-order valence-corrected chi connectivity index (χ4v) is 3.28. The molecule has 2 rings (SSSR count). The Morgan fingerprint density at radius 1 is 1.18 bits per heavy atom. The number of hydrogen-bond acceptors (Lipinski definition) is 2. The van der Waals surface area contributed by atoms with Gasteiger partial charge in [-0.15, -0.1) is 11.3 Å². The van der Waals surface area contributed by atoms with Crippen molar-refractivity contribution in [3.05, 3.63) is 54.6 Å². The van der Waals surface area contributed by atoms with Crippen molar-refractivity contribution >= 4 is 49.0 Å². The zero-order chi connectivity index (χ0) is 12.6. The molecule has 6 heteroatoms. The molecule has 0 spiro atoms. The SMILES string of the molecule is O=C(c1cc(Br)c(Br)s1)c1c(F)cccc1F. The van der Waals surface area contributed by atoms with Crippen LogP contribution >= 0.6 is 43.2 Å². The Morgan fingerprint density at radius 3 is 2.24 bits per heavy atom. The van der Waals surface area contributed by atoms with Gasteiger partial charge in [0.05, 0.1) is 14.2 Å². The van der Waals surface area contributed by atoms with E-state index in [9.17, 15) is 13.6 Å². The van der Waals surface area contributed by atoms with E-state index >= 15 is 0 Å². The summed E-state index contributed by atoms with van der Waals surface area (Å²) in [7, 11) is 0. The van der Waals surface area contributed by atoms with E-state index in [1.54, 1.807) is 0 Å². The lowest BCUT2D eigenvalue weighted by Gasteiger charge is -2.01. The normalized spacial score (nSPS) is 10.6.